The largest absolute Gasteiger partial charge is 0.458 e. The monoisotopic (exact) mass is 370 g/mol. The quantitative estimate of drug-likeness (QED) is 0.579. The Balaban J connectivity index is 1.46. The van der Waals surface area contributed by atoms with Gasteiger partial charge in [-0.05, 0) is 44.2 Å². The molecule has 2 amide bonds. The molecule has 0 saturated carbocycles. The molecule has 1 aliphatic rings. The van der Waals surface area contributed by atoms with Crippen molar-refractivity contribution < 1.29 is 18.7 Å². The Bertz CT molecular complexity index is 791. The third-order valence-corrected chi connectivity index (χ3v) is 4.82. The first-order valence-electron chi connectivity index (χ1n) is 9.42. The van der Waals surface area contributed by atoms with Crippen molar-refractivity contribution in [3.63, 3.8) is 0 Å². The van der Waals surface area contributed by atoms with Gasteiger partial charge in [-0.2, -0.15) is 0 Å². The molecule has 3 rings (SSSR count). The molecule has 2 aromatic rings. The van der Waals surface area contributed by atoms with Gasteiger partial charge in [0.05, 0.1) is 6.54 Å². The number of amides is 2. The van der Waals surface area contributed by atoms with E-state index in [-0.39, 0.29) is 6.54 Å². The summed E-state index contributed by atoms with van der Waals surface area (Å²) in [4.78, 5) is 24.0. The van der Waals surface area contributed by atoms with E-state index in [0.717, 1.165) is 30.2 Å². The fourth-order valence-electron chi connectivity index (χ4n) is 3.28. The lowest BCUT2D eigenvalue weighted by Gasteiger charge is -2.14. The number of ether oxygens (including phenoxy) is 1. The van der Waals surface area contributed by atoms with Crippen LogP contribution < -0.4 is 10.6 Å². The minimum Gasteiger partial charge on any atom is -0.458 e. The number of nitrogens with one attached hydrogen (secondary N) is 2. The smallest absolute Gasteiger partial charge is 0.309 e. The highest BCUT2D eigenvalue weighted by atomic mass is 16.5. The van der Waals surface area contributed by atoms with Crippen LogP contribution in [0.25, 0.3) is 11.0 Å². The molecule has 1 aromatic heterocycles. The first-order valence-corrected chi connectivity index (χ1v) is 9.42. The van der Waals surface area contributed by atoms with Gasteiger partial charge in [0.25, 0.3) is 0 Å². The molecule has 0 spiro atoms. The van der Waals surface area contributed by atoms with Crippen molar-refractivity contribution in [2.45, 2.75) is 38.2 Å². The summed E-state index contributed by atoms with van der Waals surface area (Å²) in [5.74, 6) is -0.666. The van der Waals surface area contributed by atoms with Crippen molar-refractivity contribution in [3.05, 3.63) is 47.7 Å². The number of carbonyl (C=O) groups is 2. The van der Waals surface area contributed by atoms with Gasteiger partial charge in [0, 0.05) is 19.0 Å². The lowest BCUT2D eigenvalue weighted by atomic mass is 9.97. The van der Waals surface area contributed by atoms with Crippen molar-refractivity contribution in [1.82, 2.24) is 10.6 Å². The van der Waals surface area contributed by atoms with Gasteiger partial charge in [0.2, 0.25) is 0 Å². The molecule has 6 nitrogen and oxygen atoms in total. The fraction of sp³-hybridized carbons (Fsp3) is 0.429. The molecule has 1 heterocycles. The number of benzene rings is 1. The van der Waals surface area contributed by atoms with Crippen molar-refractivity contribution in [3.8, 4) is 0 Å². The third-order valence-electron chi connectivity index (χ3n) is 4.82. The lowest BCUT2D eigenvalue weighted by Crippen LogP contribution is -2.41. The molecular weight excluding hydrogens is 344 g/mol. The average Bonchev–Trinajstić information content (AvgIpc) is 3.13. The first-order chi connectivity index (χ1) is 13.2. The number of methoxy groups -OCH3 is 1. The van der Waals surface area contributed by atoms with Gasteiger partial charge in [-0.3, -0.25) is 9.59 Å². The van der Waals surface area contributed by atoms with E-state index in [1.165, 1.54) is 18.4 Å². The van der Waals surface area contributed by atoms with Gasteiger partial charge >= 0.3 is 11.8 Å². The third kappa shape index (κ3) is 5.20. The molecule has 0 bridgehead atoms. The normalized spacial score (nSPS) is 15.2. The zero-order valence-corrected chi connectivity index (χ0v) is 15.6. The van der Waals surface area contributed by atoms with E-state index in [9.17, 15) is 9.59 Å². The van der Waals surface area contributed by atoms with Crippen molar-refractivity contribution in [2.24, 2.45) is 0 Å². The second-order valence-electron chi connectivity index (χ2n) is 6.74. The molecule has 0 radical (unpaired) electrons. The van der Waals surface area contributed by atoms with Gasteiger partial charge in [0.1, 0.15) is 17.4 Å². The van der Waals surface area contributed by atoms with Crippen LogP contribution in [0, 0.1) is 0 Å². The molecule has 2 N–H and O–H groups in total. The number of hydrogen-bond acceptors (Lipinski definition) is 4. The Hall–Kier alpha value is -2.60. The molecule has 6 heteroatoms. The molecule has 144 valence electrons. The first kappa shape index (κ1) is 19.2. The number of rotatable bonds is 7. The van der Waals surface area contributed by atoms with Gasteiger partial charge in [-0.25, -0.2) is 0 Å². The van der Waals surface area contributed by atoms with Crippen molar-refractivity contribution >= 4 is 22.8 Å². The fourth-order valence-corrected chi connectivity index (χ4v) is 3.28. The highest BCUT2D eigenvalue weighted by Crippen LogP contribution is 2.25. The molecule has 1 aliphatic carbocycles. The minimum absolute atomic E-state index is 0.160. The highest BCUT2D eigenvalue weighted by Gasteiger charge is 2.19. The van der Waals surface area contributed by atoms with E-state index >= 15 is 0 Å². The second kappa shape index (κ2) is 9.37. The summed E-state index contributed by atoms with van der Waals surface area (Å²) < 4.78 is 11.2. The van der Waals surface area contributed by atoms with E-state index in [1.807, 2.05) is 30.3 Å². The summed E-state index contributed by atoms with van der Waals surface area (Å²) in [5, 5.41) is 6.26. The molecule has 0 aliphatic heterocycles. The van der Waals surface area contributed by atoms with E-state index < -0.39 is 17.9 Å². The van der Waals surface area contributed by atoms with Crippen LogP contribution in [-0.4, -0.2) is 32.0 Å². The average molecular weight is 370 g/mol. The molecular formula is C21H26N2O4. The molecule has 0 fully saturated rings. The van der Waals surface area contributed by atoms with Gasteiger partial charge < -0.3 is 19.8 Å². The van der Waals surface area contributed by atoms with Crippen molar-refractivity contribution in [2.75, 3.05) is 20.2 Å². The molecule has 0 saturated heterocycles. The minimum atomic E-state index is -0.661. The lowest BCUT2D eigenvalue weighted by molar-refractivity contribution is -0.139. The van der Waals surface area contributed by atoms with Crippen LogP contribution in [0.2, 0.25) is 0 Å². The standard InChI is InChI=1S/C21H26N2O4/c1-26-19(18-13-16-9-5-6-10-17(16)27-18)14-23-21(25)20(24)22-12-11-15-7-3-2-4-8-15/h5-7,9-10,13,19H,2-4,8,11-12,14H2,1H3,(H,22,24)(H,23,25)/t19-/m1/s1. The molecule has 27 heavy (non-hydrogen) atoms. The number of fused-ring (bicyclic) bond motifs is 1. The summed E-state index contributed by atoms with van der Waals surface area (Å²) >= 11 is 0. The maximum Gasteiger partial charge on any atom is 0.309 e. The van der Waals surface area contributed by atoms with Crippen LogP contribution >= 0.6 is 0 Å². The Morgan fingerprint density at radius 2 is 2.00 bits per heavy atom. The predicted molar refractivity (Wildman–Crippen MR) is 103 cm³/mol. The topological polar surface area (TPSA) is 80.6 Å². The number of furan rings is 1. The number of hydrogen-bond donors (Lipinski definition) is 2. The Morgan fingerprint density at radius 1 is 1.19 bits per heavy atom. The molecule has 1 aromatic carbocycles. The number of carbonyl (C=O) groups excluding carboxylic acids is 2. The number of para-hydroxylation sites is 1. The zero-order chi connectivity index (χ0) is 19.1. The SMILES string of the molecule is CO[C@H](CNC(=O)C(=O)NCCC1=CCCCC1)c1cc2ccccc2o1. The predicted octanol–water partition coefficient (Wildman–Crippen LogP) is 3.24. The van der Waals surface area contributed by atoms with E-state index in [1.54, 1.807) is 7.11 Å². The maximum atomic E-state index is 12.0. The van der Waals surface area contributed by atoms with Gasteiger partial charge in [0.15, 0.2) is 0 Å². The maximum absolute atomic E-state index is 12.0. The Kier molecular flexibility index (Phi) is 6.65. The summed E-state index contributed by atoms with van der Waals surface area (Å²) in [6.07, 6.45) is 7.25. The van der Waals surface area contributed by atoms with Crippen LogP contribution in [0.15, 0.2) is 46.4 Å². The summed E-state index contributed by atoms with van der Waals surface area (Å²) in [6.45, 7) is 0.642. The summed E-state index contributed by atoms with van der Waals surface area (Å²) in [5.41, 5.74) is 2.13. The summed E-state index contributed by atoms with van der Waals surface area (Å²) in [6, 6.07) is 9.53. The Morgan fingerprint density at radius 3 is 2.74 bits per heavy atom. The van der Waals surface area contributed by atoms with Gasteiger partial charge in [-0.15, -0.1) is 0 Å². The Labute approximate surface area is 158 Å². The highest BCUT2D eigenvalue weighted by molar-refractivity contribution is 6.35. The van der Waals surface area contributed by atoms with Gasteiger partial charge in [-0.1, -0.05) is 29.8 Å². The van der Waals surface area contributed by atoms with Crippen LogP contribution in [-0.2, 0) is 14.3 Å². The summed E-state index contributed by atoms with van der Waals surface area (Å²) in [7, 11) is 1.54. The van der Waals surface area contributed by atoms with Crippen LogP contribution in [0.3, 0.4) is 0 Å². The number of allylic oxidation sites excluding steroid dienone is 1. The van der Waals surface area contributed by atoms with E-state index in [2.05, 4.69) is 16.7 Å². The molecule has 1 atom stereocenters. The van der Waals surface area contributed by atoms with E-state index in [4.69, 9.17) is 9.15 Å². The van der Waals surface area contributed by atoms with Crippen LogP contribution in [0.4, 0.5) is 0 Å². The van der Waals surface area contributed by atoms with Crippen LogP contribution in [0.5, 0.6) is 0 Å². The second-order valence-corrected chi connectivity index (χ2v) is 6.74. The van der Waals surface area contributed by atoms with E-state index in [0.29, 0.717) is 12.3 Å². The molecule has 0 unspecified atom stereocenters. The van der Waals surface area contributed by atoms with Crippen LogP contribution in [0.1, 0.15) is 44.0 Å². The van der Waals surface area contributed by atoms with Crippen molar-refractivity contribution in [1.29, 1.82) is 0 Å². The zero-order valence-electron chi connectivity index (χ0n) is 15.6.